The van der Waals surface area contributed by atoms with E-state index in [2.05, 4.69) is 4.98 Å². The van der Waals surface area contributed by atoms with Gasteiger partial charge in [0.15, 0.2) is 5.69 Å². The Balaban J connectivity index is 2.14. The predicted octanol–water partition coefficient (Wildman–Crippen LogP) is 1.80. The molecule has 0 spiro atoms. The standard InChI is InChI=1S/C12H16N2O2/c15-10-6-5-7-13-11(10)12(16)14-8-3-1-2-4-9-14/h5-7,15H,1-4,8-9H2. The summed E-state index contributed by atoms with van der Waals surface area (Å²) < 4.78 is 0. The van der Waals surface area contributed by atoms with Gasteiger partial charge in [-0.1, -0.05) is 12.8 Å². The molecule has 0 atom stereocenters. The van der Waals surface area contributed by atoms with E-state index in [0.29, 0.717) is 0 Å². The van der Waals surface area contributed by atoms with Crippen LogP contribution in [0.15, 0.2) is 18.3 Å². The smallest absolute Gasteiger partial charge is 0.276 e. The van der Waals surface area contributed by atoms with Crippen LogP contribution < -0.4 is 0 Å². The molecule has 1 aromatic rings. The van der Waals surface area contributed by atoms with Crippen molar-refractivity contribution in [1.29, 1.82) is 0 Å². The van der Waals surface area contributed by atoms with Crippen molar-refractivity contribution >= 4 is 5.91 Å². The van der Waals surface area contributed by atoms with Crippen molar-refractivity contribution in [1.82, 2.24) is 9.88 Å². The monoisotopic (exact) mass is 220 g/mol. The van der Waals surface area contributed by atoms with E-state index in [9.17, 15) is 9.90 Å². The average molecular weight is 220 g/mol. The van der Waals surface area contributed by atoms with Crippen molar-refractivity contribution in [2.24, 2.45) is 0 Å². The first-order valence-corrected chi connectivity index (χ1v) is 5.72. The average Bonchev–Trinajstić information content (AvgIpc) is 2.57. The van der Waals surface area contributed by atoms with E-state index in [0.717, 1.165) is 25.9 Å². The summed E-state index contributed by atoms with van der Waals surface area (Å²) in [6.45, 7) is 1.55. The highest BCUT2D eigenvalue weighted by Crippen LogP contribution is 2.17. The van der Waals surface area contributed by atoms with E-state index in [1.54, 1.807) is 11.0 Å². The summed E-state index contributed by atoms with van der Waals surface area (Å²) in [5.41, 5.74) is 0.171. The molecule has 1 amide bonds. The third-order valence-corrected chi connectivity index (χ3v) is 2.88. The molecule has 1 fully saturated rings. The van der Waals surface area contributed by atoms with Crippen molar-refractivity contribution in [3.8, 4) is 5.75 Å². The van der Waals surface area contributed by atoms with Gasteiger partial charge >= 0.3 is 0 Å². The van der Waals surface area contributed by atoms with Crippen molar-refractivity contribution in [2.75, 3.05) is 13.1 Å². The van der Waals surface area contributed by atoms with Gasteiger partial charge in [-0.2, -0.15) is 0 Å². The van der Waals surface area contributed by atoms with E-state index < -0.39 is 0 Å². The van der Waals surface area contributed by atoms with Crippen LogP contribution in [0.3, 0.4) is 0 Å². The van der Waals surface area contributed by atoms with Crippen molar-refractivity contribution in [3.05, 3.63) is 24.0 Å². The zero-order chi connectivity index (χ0) is 11.4. The number of aromatic nitrogens is 1. The van der Waals surface area contributed by atoms with Gasteiger partial charge in [-0.25, -0.2) is 4.98 Å². The molecule has 1 saturated heterocycles. The Labute approximate surface area is 94.9 Å². The predicted molar refractivity (Wildman–Crippen MR) is 60.3 cm³/mol. The highest BCUT2D eigenvalue weighted by molar-refractivity contribution is 5.94. The van der Waals surface area contributed by atoms with E-state index >= 15 is 0 Å². The van der Waals surface area contributed by atoms with Gasteiger partial charge < -0.3 is 10.0 Å². The minimum absolute atomic E-state index is 0.0308. The number of hydrogen-bond acceptors (Lipinski definition) is 3. The van der Waals surface area contributed by atoms with Gasteiger partial charge in [0.25, 0.3) is 5.91 Å². The molecule has 0 saturated carbocycles. The molecule has 2 heterocycles. The van der Waals surface area contributed by atoms with Gasteiger partial charge in [0.1, 0.15) is 5.75 Å². The molecule has 4 nitrogen and oxygen atoms in total. The van der Waals surface area contributed by atoms with E-state index in [4.69, 9.17) is 0 Å². The molecule has 0 radical (unpaired) electrons. The van der Waals surface area contributed by atoms with Gasteiger partial charge in [0.05, 0.1) is 0 Å². The van der Waals surface area contributed by atoms with Gasteiger partial charge in [0.2, 0.25) is 0 Å². The maximum atomic E-state index is 12.1. The van der Waals surface area contributed by atoms with E-state index in [1.165, 1.54) is 25.1 Å². The SMILES string of the molecule is O=C(c1ncccc1O)N1CCCCCC1. The van der Waals surface area contributed by atoms with Crippen LogP contribution in [0.25, 0.3) is 0 Å². The highest BCUT2D eigenvalue weighted by atomic mass is 16.3. The summed E-state index contributed by atoms with van der Waals surface area (Å²) >= 11 is 0. The molecule has 4 heteroatoms. The molecule has 1 aliphatic rings. The first kappa shape index (κ1) is 10.9. The maximum Gasteiger partial charge on any atom is 0.276 e. The molecule has 0 bridgehead atoms. The third-order valence-electron chi connectivity index (χ3n) is 2.88. The van der Waals surface area contributed by atoms with Crippen LogP contribution in [0.1, 0.15) is 36.2 Å². The number of amides is 1. The zero-order valence-electron chi connectivity index (χ0n) is 9.22. The van der Waals surface area contributed by atoms with Gasteiger partial charge in [0, 0.05) is 19.3 Å². The molecule has 1 aliphatic heterocycles. The number of rotatable bonds is 1. The molecule has 86 valence electrons. The summed E-state index contributed by atoms with van der Waals surface area (Å²) in [6.07, 6.45) is 5.97. The summed E-state index contributed by atoms with van der Waals surface area (Å²) in [5, 5.41) is 9.57. The molecule has 16 heavy (non-hydrogen) atoms. The Bertz CT molecular complexity index is 371. The number of carbonyl (C=O) groups excluding carboxylic acids is 1. The van der Waals surface area contributed by atoms with Crippen LogP contribution in [0.4, 0.5) is 0 Å². The Hall–Kier alpha value is -1.58. The molecular weight excluding hydrogens is 204 g/mol. The zero-order valence-corrected chi connectivity index (χ0v) is 9.22. The third kappa shape index (κ3) is 2.32. The van der Waals surface area contributed by atoms with Crippen LogP contribution in [0, 0.1) is 0 Å². The minimum atomic E-state index is -0.153. The molecule has 0 aromatic carbocycles. The molecule has 1 aromatic heterocycles. The minimum Gasteiger partial charge on any atom is -0.505 e. The molecular formula is C12H16N2O2. The summed E-state index contributed by atoms with van der Waals surface area (Å²) in [4.78, 5) is 17.8. The lowest BCUT2D eigenvalue weighted by atomic mass is 10.2. The van der Waals surface area contributed by atoms with Crippen molar-refractivity contribution < 1.29 is 9.90 Å². The maximum absolute atomic E-state index is 12.1. The van der Waals surface area contributed by atoms with E-state index in [-0.39, 0.29) is 17.4 Å². The van der Waals surface area contributed by atoms with Crippen LogP contribution in [-0.4, -0.2) is 34.0 Å². The first-order chi connectivity index (χ1) is 7.79. The van der Waals surface area contributed by atoms with Gasteiger partial charge in [-0.05, 0) is 25.0 Å². The Morgan fingerprint density at radius 2 is 1.94 bits per heavy atom. The van der Waals surface area contributed by atoms with Crippen LogP contribution in [0.5, 0.6) is 5.75 Å². The number of carbonyl (C=O) groups is 1. The Morgan fingerprint density at radius 3 is 2.56 bits per heavy atom. The van der Waals surface area contributed by atoms with E-state index in [1.807, 2.05) is 0 Å². The largest absolute Gasteiger partial charge is 0.505 e. The Kier molecular flexibility index (Phi) is 3.39. The number of aromatic hydroxyl groups is 1. The lowest BCUT2D eigenvalue weighted by molar-refractivity contribution is 0.0752. The fraction of sp³-hybridized carbons (Fsp3) is 0.500. The lowest BCUT2D eigenvalue weighted by Gasteiger charge is -2.19. The summed E-state index contributed by atoms with van der Waals surface area (Å²) in [5.74, 6) is -0.184. The quantitative estimate of drug-likeness (QED) is 0.785. The van der Waals surface area contributed by atoms with Crippen LogP contribution >= 0.6 is 0 Å². The number of pyridine rings is 1. The fourth-order valence-electron chi connectivity index (χ4n) is 1.99. The second-order valence-electron chi connectivity index (χ2n) is 4.08. The number of likely N-dealkylation sites (tertiary alicyclic amines) is 1. The number of nitrogens with zero attached hydrogens (tertiary/aromatic N) is 2. The second kappa shape index (κ2) is 4.96. The first-order valence-electron chi connectivity index (χ1n) is 5.72. The van der Waals surface area contributed by atoms with Crippen molar-refractivity contribution in [3.63, 3.8) is 0 Å². The molecule has 2 rings (SSSR count). The lowest BCUT2D eigenvalue weighted by Crippen LogP contribution is -2.32. The normalized spacial score (nSPS) is 16.9. The molecule has 0 aliphatic carbocycles. The second-order valence-corrected chi connectivity index (χ2v) is 4.08. The highest BCUT2D eigenvalue weighted by Gasteiger charge is 2.20. The topological polar surface area (TPSA) is 53.4 Å². The number of hydrogen-bond donors (Lipinski definition) is 1. The van der Waals surface area contributed by atoms with Gasteiger partial charge in [-0.3, -0.25) is 4.79 Å². The van der Waals surface area contributed by atoms with Gasteiger partial charge in [-0.15, -0.1) is 0 Å². The summed E-state index contributed by atoms with van der Waals surface area (Å²) in [7, 11) is 0. The molecule has 1 N–H and O–H groups in total. The Morgan fingerprint density at radius 1 is 1.25 bits per heavy atom. The fourth-order valence-corrected chi connectivity index (χ4v) is 1.99. The van der Waals surface area contributed by atoms with Crippen LogP contribution in [0.2, 0.25) is 0 Å². The summed E-state index contributed by atoms with van der Waals surface area (Å²) in [6, 6.07) is 3.12. The molecule has 0 unspecified atom stereocenters. The van der Waals surface area contributed by atoms with Crippen molar-refractivity contribution in [2.45, 2.75) is 25.7 Å². The van der Waals surface area contributed by atoms with Crippen LogP contribution in [-0.2, 0) is 0 Å².